The third-order valence-electron chi connectivity index (χ3n) is 3.43. The summed E-state index contributed by atoms with van der Waals surface area (Å²) in [5.41, 5.74) is 5.99. The second-order valence-corrected chi connectivity index (χ2v) is 5.29. The van der Waals surface area contributed by atoms with Crippen molar-refractivity contribution in [2.24, 2.45) is 5.73 Å². The maximum atomic E-state index is 12.1. The van der Waals surface area contributed by atoms with Gasteiger partial charge >= 0.3 is 0 Å². The fraction of sp³-hybridized carbons (Fsp3) is 0.111. The summed E-state index contributed by atoms with van der Waals surface area (Å²) in [6, 6.07) is 4.19. The normalized spacial score (nSPS) is 11.3. The number of nitrogens with two attached hydrogens (primary N) is 1. The van der Waals surface area contributed by atoms with Gasteiger partial charge in [-0.25, -0.2) is 4.98 Å². The molecular formula is C18H19N5O4. The van der Waals surface area contributed by atoms with Gasteiger partial charge in [-0.2, -0.15) is 0 Å². The first-order valence-corrected chi connectivity index (χ1v) is 7.93. The quantitative estimate of drug-likeness (QED) is 0.444. The van der Waals surface area contributed by atoms with Crippen LogP contribution in [0, 0.1) is 0 Å². The van der Waals surface area contributed by atoms with E-state index in [9.17, 15) is 19.8 Å². The number of carbonyl (C=O) groups excluding carboxylic acids is 2. The van der Waals surface area contributed by atoms with Crippen molar-refractivity contribution in [2.45, 2.75) is 0 Å². The van der Waals surface area contributed by atoms with Crippen molar-refractivity contribution >= 4 is 11.8 Å². The van der Waals surface area contributed by atoms with E-state index in [2.05, 4.69) is 20.6 Å². The van der Waals surface area contributed by atoms with E-state index in [4.69, 9.17) is 5.73 Å². The Balaban J connectivity index is 1.94. The Labute approximate surface area is 155 Å². The minimum Gasteiger partial charge on any atom is -0.507 e. The van der Waals surface area contributed by atoms with Crippen LogP contribution < -0.4 is 16.4 Å². The van der Waals surface area contributed by atoms with Gasteiger partial charge in [-0.1, -0.05) is 6.08 Å². The van der Waals surface area contributed by atoms with Crippen LogP contribution in [0.5, 0.6) is 11.5 Å². The minimum absolute atomic E-state index is 0.0486. The maximum Gasteiger partial charge on any atom is 0.273 e. The van der Waals surface area contributed by atoms with Crippen molar-refractivity contribution in [3.8, 4) is 11.5 Å². The number of aromatic nitrogens is 2. The van der Waals surface area contributed by atoms with E-state index in [1.165, 1.54) is 43.0 Å². The van der Waals surface area contributed by atoms with Gasteiger partial charge in [-0.05, 0) is 36.0 Å². The molecule has 0 radical (unpaired) electrons. The van der Waals surface area contributed by atoms with Gasteiger partial charge in [0.2, 0.25) is 0 Å². The number of carbonyl (C=O) groups is 2. The summed E-state index contributed by atoms with van der Waals surface area (Å²) in [4.78, 5) is 31.7. The summed E-state index contributed by atoms with van der Waals surface area (Å²) in [5.74, 6) is -1.43. The molecule has 27 heavy (non-hydrogen) atoms. The SMILES string of the molecule is N/C=C\C(=C/CNC(=O)c1ncccc1O)CNC(=O)c1cnccc1O. The zero-order chi connectivity index (χ0) is 19.6. The first-order valence-electron chi connectivity index (χ1n) is 7.93. The number of nitrogens with one attached hydrogen (secondary N) is 2. The summed E-state index contributed by atoms with van der Waals surface area (Å²) in [6.07, 6.45) is 8.53. The van der Waals surface area contributed by atoms with E-state index >= 15 is 0 Å². The molecule has 140 valence electrons. The molecule has 0 atom stereocenters. The molecule has 9 nitrogen and oxygen atoms in total. The van der Waals surface area contributed by atoms with Crippen molar-refractivity contribution in [3.63, 3.8) is 0 Å². The second kappa shape index (κ2) is 9.56. The molecule has 2 rings (SSSR count). The lowest BCUT2D eigenvalue weighted by Gasteiger charge is -2.08. The highest BCUT2D eigenvalue weighted by Crippen LogP contribution is 2.14. The van der Waals surface area contributed by atoms with Gasteiger partial charge in [-0.15, -0.1) is 0 Å². The Morgan fingerprint density at radius 3 is 2.63 bits per heavy atom. The number of pyridine rings is 2. The molecule has 0 aromatic carbocycles. The largest absolute Gasteiger partial charge is 0.507 e. The molecule has 9 heteroatoms. The lowest BCUT2D eigenvalue weighted by molar-refractivity contribution is 0.0942. The highest BCUT2D eigenvalue weighted by molar-refractivity contribution is 5.96. The van der Waals surface area contributed by atoms with Crippen molar-refractivity contribution in [3.05, 3.63) is 72.0 Å². The molecule has 6 N–H and O–H groups in total. The fourth-order valence-electron chi connectivity index (χ4n) is 2.09. The lowest BCUT2D eigenvalue weighted by Crippen LogP contribution is -2.27. The maximum absolute atomic E-state index is 12.1. The standard InChI is InChI=1S/C18H19N5O4/c19-6-3-12(10-23-17(26)13-11-20-8-5-14(13)24)4-9-22-18(27)16-15(25)2-1-7-21-16/h1-8,11,25H,9-10,19H2,(H,20,24)(H,22,27)(H,23,26)/b6-3-,12-4+. The van der Waals surface area contributed by atoms with Crippen LogP contribution in [0.4, 0.5) is 0 Å². The Bertz CT molecular complexity index is 880. The van der Waals surface area contributed by atoms with Crippen LogP contribution in [-0.4, -0.2) is 45.1 Å². The van der Waals surface area contributed by atoms with Crippen molar-refractivity contribution in [2.75, 3.05) is 13.1 Å². The van der Waals surface area contributed by atoms with Gasteiger partial charge in [0.25, 0.3) is 11.8 Å². The van der Waals surface area contributed by atoms with Crippen LogP contribution in [0.1, 0.15) is 20.8 Å². The van der Waals surface area contributed by atoms with Crippen LogP contribution >= 0.6 is 0 Å². The van der Waals surface area contributed by atoms with Gasteiger partial charge in [0.1, 0.15) is 11.5 Å². The van der Waals surface area contributed by atoms with Crippen molar-refractivity contribution in [1.82, 2.24) is 20.6 Å². The van der Waals surface area contributed by atoms with E-state index in [0.717, 1.165) is 0 Å². The van der Waals surface area contributed by atoms with Gasteiger partial charge in [0, 0.05) is 31.7 Å². The monoisotopic (exact) mass is 369 g/mol. The average Bonchev–Trinajstić information content (AvgIpc) is 2.66. The summed E-state index contributed by atoms with van der Waals surface area (Å²) >= 11 is 0. The van der Waals surface area contributed by atoms with Gasteiger partial charge in [0.15, 0.2) is 5.69 Å². The summed E-state index contributed by atoms with van der Waals surface area (Å²) in [7, 11) is 0. The highest BCUT2D eigenvalue weighted by atomic mass is 16.3. The van der Waals surface area contributed by atoms with Gasteiger partial charge < -0.3 is 26.6 Å². The van der Waals surface area contributed by atoms with Crippen LogP contribution in [0.3, 0.4) is 0 Å². The molecule has 0 unspecified atom stereocenters. The zero-order valence-corrected chi connectivity index (χ0v) is 14.3. The molecule has 0 aliphatic rings. The number of rotatable bonds is 7. The number of hydrogen-bond donors (Lipinski definition) is 5. The second-order valence-electron chi connectivity index (χ2n) is 5.29. The first-order chi connectivity index (χ1) is 13.0. The number of nitrogens with zero attached hydrogens (tertiary/aromatic N) is 2. The molecule has 2 amide bonds. The minimum atomic E-state index is -0.537. The smallest absolute Gasteiger partial charge is 0.273 e. The summed E-state index contributed by atoms with van der Waals surface area (Å²) < 4.78 is 0. The Kier molecular flexibility index (Phi) is 6.89. The molecule has 0 spiro atoms. The van der Waals surface area contributed by atoms with Gasteiger partial charge in [-0.3, -0.25) is 14.6 Å². The van der Waals surface area contributed by atoms with Gasteiger partial charge in [0.05, 0.1) is 5.56 Å². The molecule has 2 heterocycles. The van der Waals surface area contributed by atoms with Crippen molar-refractivity contribution in [1.29, 1.82) is 0 Å². The van der Waals surface area contributed by atoms with Crippen LogP contribution in [0.2, 0.25) is 0 Å². The molecule has 0 saturated heterocycles. The molecule has 2 aromatic heterocycles. The number of hydrogen-bond acceptors (Lipinski definition) is 7. The molecule has 0 bridgehead atoms. The van der Waals surface area contributed by atoms with E-state index in [0.29, 0.717) is 5.57 Å². The Morgan fingerprint density at radius 2 is 1.93 bits per heavy atom. The van der Waals surface area contributed by atoms with E-state index < -0.39 is 11.8 Å². The topological polar surface area (TPSA) is 150 Å². The Hall–Kier alpha value is -3.88. The van der Waals surface area contributed by atoms with E-state index in [-0.39, 0.29) is 35.8 Å². The van der Waals surface area contributed by atoms with E-state index in [1.54, 1.807) is 12.2 Å². The summed E-state index contributed by atoms with van der Waals surface area (Å²) in [5, 5.41) is 24.5. The molecule has 0 fully saturated rings. The molecule has 0 saturated carbocycles. The van der Waals surface area contributed by atoms with Crippen LogP contribution in [-0.2, 0) is 0 Å². The predicted octanol–water partition coefficient (Wildman–Crippen LogP) is 0.446. The molecule has 0 aliphatic heterocycles. The van der Waals surface area contributed by atoms with Crippen molar-refractivity contribution < 1.29 is 19.8 Å². The Morgan fingerprint density at radius 1 is 1.11 bits per heavy atom. The first kappa shape index (κ1) is 19.4. The molecular weight excluding hydrogens is 350 g/mol. The zero-order valence-electron chi connectivity index (χ0n) is 14.3. The molecule has 0 aliphatic carbocycles. The molecule has 2 aromatic rings. The highest BCUT2D eigenvalue weighted by Gasteiger charge is 2.12. The lowest BCUT2D eigenvalue weighted by atomic mass is 10.2. The van der Waals surface area contributed by atoms with E-state index in [1.807, 2.05) is 0 Å². The predicted molar refractivity (Wildman–Crippen MR) is 97.9 cm³/mol. The third kappa shape index (κ3) is 5.56. The number of amides is 2. The number of aromatic hydroxyl groups is 2. The fourth-order valence-corrected chi connectivity index (χ4v) is 2.09. The van der Waals surface area contributed by atoms with Crippen LogP contribution in [0.15, 0.2) is 60.7 Å². The average molecular weight is 369 g/mol. The summed E-state index contributed by atoms with van der Waals surface area (Å²) in [6.45, 7) is 0.244. The third-order valence-corrected chi connectivity index (χ3v) is 3.43. The van der Waals surface area contributed by atoms with Crippen LogP contribution in [0.25, 0.3) is 0 Å².